The average Bonchev–Trinajstić information content (AvgIpc) is 3.85. The van der Waals surface area contributed by atoms with Gasteiger partial charge in [0.15, 0.2) is 5.65 Å². The molecule has 15 nitrogen and oxygen atoms in total. The lowest BCUT2D eigenvalue weighted by Crippen LogP contribution is -2.54. The van der Waals surface area contributed by atoms with Crippen molar-refractivity contribution in [3.63, 3.8) is 0 Å². The van der Waals surface area contributed by atoms with Crippen LogP contribution in [0.2, 0.25) is 0 Å². The third-order valence-corrected chi connectivity index (χ3v) is 11.8. The molecule has 0 bridgehead atoms. The first-order chi connectivity index (χ1) is 31.2. The molecular weight excluding hydrogens is 844 g/mol. The highest BCUT2D eigenvalue weighted by Gasteiger charge is 2.45. The highest BCUT2D eigenvalue weighted by molar-refractivity contribution is 6.26. The molecule has 334 valence electrons. The number of unbranched alkanes of at least 4 members (excludes halogenated alkanes) is 2. The minimum atomic E-state index is -4.65. The number of H-pyrrole nitrogens is 1. The lowest BCUT2D eigenvalue weighted by Gasteiger charge is -2.35. The summed E-state index contributed by atoms with van der Waals surface area (Å²) in [7, 11) is 0. The van der Waals surface area contributed by atoms with Crippen molar-refractivity contribution in [2.75, 3.05) is 43.4 Å². The number of aromatic amines is 1. The Morgan fingerprint density at radius 3 is 2.46 bits per heavy atom. The van der Waals surface area contributed by atoms with E-state index in [-0.39, 0.29) is 65.3 Å². The molecule has 2 fully saturated rings. The summed E-state index contributed by atoms with van der Waals surface area (Å²) in [4.78, 5) is 86.0. The smallest absolute Gasteiger partial charge is 0.325 e. The van der Waals surface area contributed by atoms with Crippen LogP contribution in [0.15, 0.2) is 73.1 Å². The number of rotatable bonds is 12. The number of carbonyl (C=O) groups excluding carboxylic acids is 6. The number of alkyl halides is 3. The number of halogens is 3. The molecule has 0 saturated carbocycles. The van der Waals surface area contributed by atoms with Gasteiger partial charge in [0.2, 0.25) is 17.7 Å². The van der Waals surface area contributed by atoms with Crippen molar-refractivity contribution in [2.45, 2.75) is 64.2 Å². The fraction of sp³-hybridized carbons (Fsp3) is 0.319. The first-order valence-electron chi connectivity index (χ1n) is 21.2. The van der Waals surface area contributed by atoms with E-state index in [2.05, 4.69) is 47.9 Å². The fourth-order valence-electron chi connectivity index (χ4n) is 8.24. The Bertz CT molecular complexity index is 2790. The van der Waals surface area contributed by atoms with Crippen LogP contribution in [0.5, 0.6) is 0 Å². The molecule has 6 amide bonds. The van der Waals surface area contributed by atoms with E-state index in [1.54, 1.807) is 36.7 Å². The van der Waals surface area contributed by atoms with Crippen molar-refractivity contribution in [2.24, 2.45) is 0 Å². The maximum absolute atomic E-state index is 14.4. The van der Waals surface area contributed by atoms with Crippen LogP contribution in [0.1, 0.15) is 97.4 Å². The van der Waals surface area contributed by atoms with Gasteiger partial charge in [0, 0.05) is 79.5 Å². The second-order valence-corrected chi connectivity index (χ2v) is 16.3. The van der Waals surface area contributed by atoms with Crippen LogP contribution in [-0.4, -0.2) is 104 Å². The number of anilines is 2. The van der Waals surface area contributed by atoms with Gasteiger partial charge in [-0.25, -0.2) is 4.98 Å². The van der Waals surface area contributed by atoms with Crippen molar-refractivity contribution in [1.29, 1.82) is 0 Å². The van der Waals surface area contributed by atoms with Crippen molar-refractivity contribution in [1.82, 2.24) is 35.2 Å². The maximum Gasteiger partial charge on any atom is 0.416 e. The molecule has 5 aromatic rings. The standard InChI is InChI=1S/C47H44F3N9O6/c1-28-9-11-31(23-30(28)12-10-29-22-33-26-52-56-42(33)51-25-29)43(62)53-34-14-13-32(36(24-34)47(48,49)50)27-58-20-18-57(19-21-58)17-4-2-3-8-39(60)54-37-7-5-6-35-41(37)46(65)59(45(35)64)38-15-16-40(61)55-44(38)63/h5-7,9,11,13-14,22-26,38H,2-4,8,15-21,27H2,1H3,(H,53,62)(H,54,60)(H,51,52,56)(H,55,61,63). The molecule has 1 unspecified atom stereocenters. The number of nitrogens with one attached hydrogen (secondary N) is 4. The predicted octanol–water partition coefficient (Wildman–Crippen LogP) is 5.66. The number of nitrogens with zero attached hydrogens (tertiary/aromatic N) is 5. The van der Waals surface area contributed by atoms with Crippen LogP contribution in [0.3, 0.4) is 0 Å². The number of piperidine rings is 1. The number of fused-ring (bicyclic) bond motifs is 2. The Labute approximate surface area is 371 Å². The van der Waals surface area contributed by atoms with Gasteiger partial charge in [-0.1, -0.05) is 36.5 Å². The Hall–Kier alpha value is -7.23. The summed E-state index contributed by atoms with van der Waals surface area (Å²) in [5.74, 6) is 2.67. The SMILES string of the molecule is Cc1ccc(C(=O)Nc2ccc(CN3CCN(CCCCCC(=O)Nc4cccc5c4C(=O)N(C4CCC(=O)NC4=O)C5=O)CC3)c(C(F)(F)F)c2)cc1C#Cc1cnc2[nH]ncc2c1. The van der Waals surface area contributed by atoms with Gasteiger partial charge >= 0.3 is 6.18 Å². The zero-order valence-electron chi connectivity index (χ0n) is 35.3. The summed E-state index contributed by atoms with van der Waals surface area (Å²) in [5, 5.41) is 15.1. The van der Waals surface area contributed by atoms with Gasteiger partial charge in [0.1, 0.15) is 6.04 Å². The molecule has 0 spiro atoms. The molecule has 3 aliphatic heterocycles. The topological polar surface area (TPSA) is 190 Å². The molecule has 3 aromatic carbocycles. The molecular formula is C47H44F3N9O6. The maximum atomic E-state index is 14.4. The number of imide groups is 2. The van der Waals surface area contributed by atoms with Gasteiger partial charge in [-0.05, 0) is 86.3 Å². The number of aryl methyl sites for hydroxylation is 1. The molecule has 0 radical (unpaired) electrons. The van der Waals surface area contributed by atoms with Gasteiger partial charge in [0.25, 0.3) is 17.7 Å². The van der Waals surface area contributed by atoms with E-state index in [4.69, 9.17) is 0 Å². The van der Waals surface area contributed by atoms with E-state index in [1.165, 1.54) is 24.3 Å². The molecule has 2 saturated heterocycles. The Morgan fingerprint density at radius 1 is 0.877 bits per heavy atom. The number of benzene rings is 3. The summed E-state index contributed by atoms with van der Waals surface area (Å²) >= 11 is 0. The number of hydrogen-bond acceptors (Lipinski definition) is 10. The zero-order chi connectivity index (χ0) is 45.8. The second-order valence-electron chi connectivity index (χ2n) is 16.3. The molecule has 65 heavy (non-hydrogen) atoms. The number of amides is 6. The van der Waals surface area contributed by atoms with E-state index in [0.29, 0.717) is 49.4 Å². The second kappa shape index (κ2) is 18.9. The van der Waals surface area contributed by atoms with Gasteiger partial charge in [-0.3, -0.25) is 49.0 Å². The molecule has 4 N–H and O–H groups in total. The van der Waals surface area contributed by atoms with E-state index < -0.39 is 47.3 Å². The zero-order valence-corrected chi connectivity index (χ0v) is 35.3. The van der Waals surface area contributed by atoms with Gasteiger partial charge in [-0.15, -0.1) is 0 Å². The summed E-state index contributed by atoms with van der Waals surface area (Å²) in [6, 6.07) is 14.1. The number of hydrogen-bond donors (Lipinski definition) is 4. The first-order valence-corrected chi connectivity index (χ1v) is 21.2. The van der Waals surface area contributed by atoms with Crippen LogP contribution in [0.4, 0.5) is 24.5 Å². The number of aromatic nitrogens is 3. The predicted molar refractivity (Wildman–Crippen MR) is 232 cm³/mol. The number of piperazine rings is 1. The Kier molecular flexibility index (Phi) is 12.9. The van der Waals surface area contributed by atoms with Crippen LogP contribution >= 0.6 is 0 Å². The van der Waals surface area contributed by atoms with Crippen LogP contribution in [-0.2, 0) is 27.1 Å². The van der Waals surface area contributed by atoms with Crippen LogP contribution in [0, 0.1) is 18.8 Å². The van der Waals surface area contributed by atoms with E-state index in [0.717, 1.165) is 41.3 Å². The Morgan fingerprint density at radius 2 is 1.68 bits per heavy atom. The van der Waals surface area contributed by atoms with Crippen molar-refractivity contribution in [3.8, 4) is 11.8 Å². The van der Waals surface area contributed by atoms with Crippen molar-refractivity contribution < 1.29 is 41.9 Å². The van der Waals surface area contributed by atoms with Crippen LogP contribution in [0.25, 0.3) is 11.0 Å². The molecule has 8 rings (SSSR count). The Balaban J connectivity index is 0.784. The van der Waals surface area contributed by atoms with Crippen molar-refractivity contribution in [3.05, 3.63) is 118 Å². The molecule has 5 heterocycles. The third kappa shape index (κ3) is 10.1. The summed E-state index contributed by atoms with van der Waals surface area (Å²) in [5.41, 5.74) is 2.55. The first kappa shape index (κ1) is 44.4. The van der Waals surface area contributed by atoms with E-state index in [1.807, 2.05) is 17.9 Å². The molecule has 3 aliphatic rings. The van der Waals surface area contributed by atoms with Gasteiger partial charge in [0.05, 0.1) is 28.6 Å². The largest absolute Gasteiger partial charge is 0.416 e. The highest BCUT2D eigenvalue weighted by Crippen LogP contribution is 2.35. The monoisotopic (exact) mass is 887 g/mol. The molecule has 0 aliphatic carbocycles. The van der Waals surface area contributed by atoms with Gasteiger partial charge in [-0.2, -0.15) is 18.3 Å². The minimum Gasteiger partial charge on any atom is -0.325 e. The number of pyridine rings is 1. The quantitative estimate of drug-likeness (QED) is 0.0692. The summed E-state index contributed by atoms with van der Waals surface area (Å²) in [6.45, 7) is 5.15. The molecule has 2 aromatic heterocycles. The average molecular weight is 888 g/mol. The van der Waals surface area contributed by atoms with E-state index >= 15 is 0 Å². The highest BCUT2D eigenvalue weighted by atomic mass is 19.4. The van der Waals surface area contributed by atoms with Crippen molar-refractivity contribution >= 4 is 57.9 Å². The fourth-order valence-corrected chi connectivity index (χ4v) is 8.24. The minimum absolute atomic E-state index is 0.00248. The number of carbonyl (C=O) groups is 6. The lowest BCUT2D eigenvalue weighted by molar-refractivity contribution is -0.138. The summed E-state index contributed by atoms with van der Waals surface area (Å²) < 4.78 is 43.2. The third-order valence-electron chi connectivity index (χ3n) is 11.8. The molecule has 1 atom stereocenters. The summed E-state index contributed by atoms with van der Waals surface area (Å²) in [6.07, 6.45) is 0.901. The lowest BCUT2D eigenvalue weighted by atomic mass is 10.0. The van der Waals surface area contributed by atoms with E-state index in [9.17, 15) is 41.9 Å². The van der Waals surface area contributed by atoms with Gasteiger partial charge < -0.3 is 15.5 Å². The van der Waals surface area contributed by atoms with Crippen LogP contribution < -0.4 is 16.0 Å². The normalized spacial score (nSPS) is 16.9. The molecule has 18 heteroatoms.